The van der Waals surface area contributed by atoms with Crippen LogP contribution in [0.25, 0.3) is 0 Å². The molecule has 0 aromatic carbocycles. The Kier molecular flexibility index (Phi) is 3.21. The zero-order valence-corrected chi connectivity index (χ0v) is 10.1. The quantitative estimate of drug-likeness (QED) is 0.831. The Balaban J connectivity index is 2.35. The van der Waals surface area contributed by atoms with Crippen molar-refractivity contribution in [2.24, 2.45) is 0 Å². The largest absolute Gasteiger partial charge is 0.478 e. The molecule has 0 bridgehead atoms. The summed E-state index contributed by atoms with van der Waals surface area (Å²) in [5.41, 5.74) is -1.04. The minimum atomic E-state index is -1.22. The van der Waals surface area contributed by atoms with Crippen LogP contribution >= 0.6 is 0 Å². The highest BCUT2D eigenvalue weighted by molar-refractivity contribution is 5.93. The van der Waals surface area contributed by atoms with Gasteiger partial charge in [0.15, 0.2) is 0 Å². The lowest BCUT2D eigenvalue weighted by Crippen LogP contribution is -2.47. The number of hydrogen-bond acceptors (Lipinski definition) is 4. The summed E-state index contributed by atoms with van der Waals surface area (Å²) in [5.74, 6) is -1.69. The van der Waals surface area contributed by atoms with Crippen molar-refractivity contribution in [3.8, 4) is 0 Å². The van der Waals surface area contributed by atoms with Crippen molar-refractivity contribution < 1.29 is 19.4 Å². The lowest BCUT2D eigenvalue weighted by molar-refractivity contribution is 0.0443. The van der Waals surface area contributed by atoms with Gasteiger partial charge < -0.3 is 15.1 Å². The first-order valence-electron chi connectivity index (χ1n) is 5.75. The van der Waals surface area contributed by atoms with E-state index in [1.807, 2.05) is 0 Å². The molecule has 1 aromatic rings. The SMILES string of the molecule is CC1(O)CCCN(c2ncc(F)cc2C(=O)O)C1. The molecule has 0 amide bonds. The number of hydrogen-bond donors (Lipinski definition) is 2. The van der Waals surface area contributed by atoms with Crippen molar-refractivity contribution in [1.29, 1.82) is 0 Å². The molecule has 2 rings (SSSR count). The molecule has 1 saturated heterocycles. The Bertz CT molecular complexity index is 476. The average Bonchev–Trinajstić information content (AvgIpc) is 2.27. The molecule has 5 nitrogen and oxygen atoms in total. The fourth-order valence-corrected chi connectivity index (χ4v) is 2.24. The number of carbonyl (C=O) groups is 1. The fourth-order valence-electron chi connectivity index (χ4n) is 2.24. The van der Waals surface area contributed by atoms with Gasteiger partial charge in [-0.05, 0) is 25.8 Å². The van der Waals surface area contributed by atoms with Crippen LogP contribution in [0, 0.1) is 5.82 Å². The maximum Gasteiger partial charge on any atom is 0.339 e. The predicted octanol–water partition coefficient (Wildman–Crippen LogP) is 1.27. The lowest BCUT2D eigenvalue weighted by atomic mass is 9.95. The summed E-state index contributed by atoms with van der Waals surface area (Å²) in [6, 6.07) is 0.952. The van der Waals surface area contributed by atoms with Gasteiger partial charge in [-0.15, -0.1) is 0 Å². The fraction of sp³-hybridized carbons (Fsp3) is 0.500. The molecule has 1 atom stereocenters. The second kappa shape index (κ2) is 4.53. The Labute approximate surface area is 104 Å². The number of aromatic carboxylic acids is 1. The number of anilines is 1. The molecule has 0 spiro atoms. The Morgan fingerprint density at radius 2 is 2.33 bits per heavy atom. The molecule has 1 aromatic heterocycles. The maximum atomic E-state index is 13.0. The van der Waals surface area contributed by atoms with Gasteiger partial charge in [0, 0.05) is 13.1 Å². The first kappa shape index (κ1) is 12.8. The molecule has 2 heterocycles. The topological polar surface area (TPSA) is 73.7 Å². The summed E-state index contributed by atoms with van der Waals surface area (Å²) in [4.78, 5) is 16.6. The molecule has 0 radical (unpaired) electrons. The van der Waals surface area contributed by atoms with E-state index >= 15 is 0 Å². The van der Waals surface area contributed by atoms with E-state index in [2.05, 4.69) is 4.98 Å². The molecule has 2 N–H and O–H groups in total. The van der Waals surface area contributed by atoms with Crippen molar-refractivity contribution >= 4 is 11.8 Å². The number of rotatable bonds is 2. The molecular formula is C12H15FN2O3. The van der Waals surface area contributed by atoms with E-state index in [0.29, 0.717) is 19.5 Å². The van der Waals surface area contributed by atoms with Crippen molar-refractivity contribution in [1.82, 2.24) is 4.98 Å². The minimum absolute atomic E-state index is 0.173. The van der Waals surface area contributed by atoms with Gasteiger partial charge in [0.2, 0.25) is 0 Å². The third kappa shape index (κ3) is 2.59. The van der Waals surface area contributed by atoms with E-state index in [9.17, 15) is 14.3 Å². The molecule has 0 aliphatic carbocycles. The zero-order valence-electron chi connectivity index (χ0n) is 10.1. The van der Waals surface area contributed by atoms with Gasteiger partial charge >= 0.3 is 5.97 Å². The maximum absolute atomic E-state index is 13.0. The number of nitrogens with zero attached hydrogens (tertiary/aromatic N) is 2. The molecule has 18 heavy (non-hydrogen) atoms. The molecule has 1 aliphatic heterocycles. The molecule has 98 valence electrons. The molecule has 1 aliphatic rings. The average molecular weight is 254 g/mol. The number of aromatic nitrogens is 1. The third-order valence-electron chi connectivity index (χ3n) is 3.04. The standard InChI is InChI=1S/C12H15FN2O3/c1-12(18)3-2-4-15(7-12)10-9(11(16)17)5-8(13)6-14-10/h5-6,18H,2-4,7H2,1H3,(H,16,17). The second-order valence-electron chi connectivity index (χ2n) is 4.85. The minimum Gasteiger partial charge on any atom is -0.478 e. The number of aliphatic hydroxyl groups is 1. The van der Waals surface area contributed by atoms with Crippen LogP contribution in [0.1, 0.15) is 30.1 Å². The molecule has 1 fully saturated rings. The van der Waals surface area contributed by atoms with Crippen LogP contribution in [0.4, 0.5) is 10.2 Å². The van der Waals surface area contributed by atoms with Gasteiger partial charge in [0.05, 0.1) is 11.8 Å². The first-order valence-corrected chi connectivity index (χ1v) is 5.75. The molecule has 6 heteroatoms. The summed E-state index contributed by atoms with van der Waals surface area (Å²) in [6.45, 7) is 2.60. The second-order valence-corrected chi connectivity index (χ2v) is 4.85. The third-order valence-corrected chi connectivity index (χ3v) is 3.04. The smallest absolute Gasteiger partial charge is 0.339 e. The van der Waals surface area contributed by atoms with Gasteiger partial charge in [-0.1, -0.05) is 0 Å². The van der Waals surface area contributed by atoms with Gasteiger partial charge in [0.1, 0.15) is 17.2 Å². The van der Waals surface area contributed by atoms with E-state index < -0.39 is 17.4 Å². The highest BCUT2D eigenvalue weighted by Crippen LogP contribution is 2.27. The van der Waals surface area contributed by atoms with Gasteiger partial charge in [0.25, 0.3) is 0 Å². The van der Waals surface area contributed by atoms with Crippen molar-refractivity contribution in [3.63, 3.8) is 0 Å². The highest BCUT2D eigenvalue weighted by atomic mass is 19.1. The summed E-state index contributed by atoms with van der Waals surface area (Å²) in [6.07, 6.45) is 2.39. The van der Waals surface area contributed by atoms with E-state index in [0.717, 1.165) is 18.7 Å². The van der Waals surface area contributed by atoms with Crippen LogP contribution in [0.15, 0.2) is 12.3 Å². The highest BCUT2D eigenvalue weighted by Gasteiger charge is 2.31. The first-order chi connectivity index (χ1) is 8.39. The van der Waals surface area contributed by atoms with Crippen molar-refractivity contribution in [3.05, 3.63) is 23.6 Å². The Morgan fingerprint density at radius 3 is 2.94 bits per heavy atom. The van der Waals surface area contributed by atoms with Crippen molar-refractivity contribution in [2.75, 3.05) is 18.0 Å². The van der Waals surface area contributed by atoms with Gasteiger partial charge in [-0.25, -0.2) is 14.2 Å². The Morgan fingerprint density at radius 1 is 1.61 bits per heavy atom. The van der Waals surface area contributed by atoms with Crippen molar-refractivity contribution in [2.45, 2.75) is 25.4 Å². The summed E-state index contributed by atoms with van der Waals surface area (Å²) in [5, 5.41) is 19.1. The number of halogens is 1. The van der Waals surface area contributed by atoms with E-state index in [4.69, 9.17) is 5.11 Å². The number of pyridine rings is 1. The van der Waals surface area contributed by atoms with Crippen LogP contribution in [0.3, 0.4) is 0 Å². The monoisotopic (exact) mass is 254 g/mol. The van der Waals surface area contributed by atoms with Crippen LogP contribution < -0.4 is 4.90 Å². The Hall–Kier alpha value is -1.69. The lowest BCUT2D eigenvalue weighted by Gasteiger charge is -2.37. The van der Waals surface area contributed by atoms with E-state index in [1.165, 1.54) is 0 Å². The normalized spacial score (nSPS) is 24.1. The molecular weight excluding hydrogens is 239 g/mol. The van der Waals surface area contributed by atoms with Crippen LogP contribution in [-0.4, -0.2) is 39.9 Å². The van der Waals surface area contributed by atoms with Crippen LogP contribution in [0.2, 0.25) is 0 Å². The number of carboxylic acid groups (broad SMARTS) is 1. The van der Waals surface area contributed by atoms with Crippen LogP contribution in [-0.2, 0) is 0 Å². The molecule has 0 saturated carbocycles. The van der Waals surface area contributed by atoms with E-state index in [-0.39, 0.29) is 11.4 Å². The molecule has 1 unspecified atom stereocenters. The number of carboxylic acids is 1. The van der Waals surface area contributed by atoms with Gasteiger partial charge in [-0.2, -0.15) is 0 Å². The number of piperidine rings is 1. The van der Waals surface area contributed by atoms with Crippen LogP contribution in [0.5, 0.6) is 0 Å². The summed E-state index contributed by atoms with van der Waals surface area (Å²) < 4.78 is 13.0. The summed E-state index contributed by atoms with van der Waals surface area (Å²) >= 11 is 0. The predicted molar refractivity (Wildman–Crippen MR) is 63.2 cm³/mol. The number of β-amino-alcohol motifs (C(OH)–C–C–N with tert-alkyl or cyclic N) is 1. The van der Waals surface area contributed by atoms with Gasteiger partial charge in [-0.3, -0.25) is 0 Å². The zero-order chi connectivity index (χ0) is 13.3. The van der Waals surface area contributed by atoms with E-state index in [1.54, 1.807) is 11.8 Å². The summed E-state index contributed by atoms with van der Waals surface area (Å²) in [7, 11) is 0.